The van der Waals surface area contributed by atoms with E-state index in [-0.39, 0.29) is 17.2 Å². The number of amides is 2. The molecule has 1 aliphatic heterocycles. The third-order valence-corrected chi connectivity index (χ3v) is 5.43. The SMILES string of the molecule is CC(=O)N[C@@H]1C(=O)N(CCCOc2ccc(C(C)(C)C)cc2)c2c(C)cc(C)cc21. The zero-order valence-electron chi connectivity index (χ0n) is 18.8. The van der Waals surface area contributed by atoms with Crippen LogP contribution in [0.3, 0.4) is 0 Å². The van der Waals surface area contributed by atoms with Gasteiger partial charge in [0.1, 0.15) is 11.8 Å². The molecule has 0 radical (unpaired) electrons. The summed E-state index contributed by atoms with van der Waals surface area (Å²) in [6.45, 7) is 13.1. The highest BCUT2D eigenvalue weighted by atomic mass is 16.5. The number of ether oxygens (including phenoxy) is 1. The number of hydrogen-bond donors (Lipinski definition) is 1. The van der Waals surface area contributed by atoms with Crippen molar-refractivity contribution < 1.29 is 14.3 Å². The quantitative estimate of drug-likeness (QED) is 0.711. The van der Waals surface area contributed by atoms with Gasteiger partial charge < -0.3 is 15.0 Å². The highest BCUT2D eigenvalue weighted by Gasteiger charge is 2.38. The molecule has 30 heavy (non-hydrogen) atoms. The van der Waals surface area contributed by atoms with Crippen LogP contribution in [0.25, 0.3) is 0 Å². The van der Waals surface area contributed by atoms with E-state index in [1.807, 2.05) is 32.0 Å². The lowest BCUT2D eigenvalue weighted by Crippen LogP contribution is -2.37. The summed E-state index contributed by atoms with van der Waals surface area (Å²) < 4.78 is 5.89. The smallest absolute Gasteiger partial charge is 0.254 e. The van der Waals surface area contributed by atoms with Crippen molar-refractivity contribution in [1.82, 2.24) is 5.32 Å². The lowest BCUT2D eigenvalue weighted by atomic mass is 9.87. The molecule has 5 nitrogen and oxygen atoms in total. The number of fused-ring (bicyclic) bond motifs is 1. The van der Waals surface area contributed by atoms with Crippen LogP contribution in [0.2, 0.25) is 0 Å². The molecule has 1 aliphatic rings. The number of nitrogens with zero attached hydrogens (tertiary/aromatic N) is 1. The van der Waals surface area contributed by atoms with Crippen LogP contribution in [0.5, 0.6) is 5.75 Å². The van der Waals surface area contributed by atoms with E-state index < -0.39 is 6.04 Å². The van der Waals surface area contributed by atoms with E-state index in [1.54, 1.807) is 4.90 Å². The van der Waals surface area contributed by atoms with E-state index in [1.165, 1.54) is 12.5 Å². The number of carbonyl (C=O) groups excluding carboxylic acids is 2. The molecule has 160 valence electrons. The van der Waals surface area contributed by atoms with Crippen LogP contribution in [0, 0.1) is 13.8 Å². The molecule has 0 aromatic heterocycles. The topological polar surface area (TPSA) is 58.6 Å². The van der Waals surface area contributed by atoms with Gasteiger partial charge in [0, 0.05) is 19.0 Å². The summed E-state index contributed by atoms with van der Waals surface area (Å²) in [4.78, 5) is 26.4. The Hall–Kier alpha value is -2.82. The largest absolute Gasteiger partial charge is 0.494 e. The number of hydrogen-bond acceptors (Lipinski definition) is 3. The molecule has 1 atom stereocenters. The number of benzene rings is 2. The first-order chi connectivity index (χ1) is 14.1. The first-order valence-electron chi connectivity index (χ1n) is 10.5. The molecule has 0 aliphatic carbocycles. The fraction of sp³-hybridized carbons (Fsp3) is 0.440. The van der Waals surface area contributed by atoms with Crippen LogP contribution < -0.4 is 15.0 Å². The van der Waals surface area contributed by atoms with Crippen LogP contribution >= 0.6 is 0 Å². The number of carbonyl (C=O) groups is 2. The van der Waals surface area contributed by atoms with E-state index in [9.17, 15) is 9.59 Å². The molecule has 1 heterocycles. The Kier molecular flexibility index (Phi) is 6.20. The van der Waals surface area contributed by atoms with E-state index in [2.05, 4.69) is 44.3 Å². The molecule has 5 heteroatoms. The molecule has 0 saturated heterocycles. The predicted octanol–water partition coefficient (Wildman–Crippen LogP) is 4.59. The second-order valence-electron chi connectivity index (χ2n) is 9.12. The highest BCUT2D eigenvalue weighted by molar-refractivity contribution is 6.06. The molecular formula is C25H32N2O3. The molecule has 2 amide bonds. The van der Waals surface area contributed by atoms with Gasteiger partial charge in [0.2, 0.25) is 5.91 Å². The molecular weight excluding hydrogens is 376 g/mol. The Labute approximate surface area is 179 Å². The Morgan fingerprint density at radius 3 is 2.40 bits per heavy atom. The Bertz CT molecular complexity index is 942. The molecule has 3 rings (SSSR count). The molecule has 2 aromatic rings. The maximum absolute atomic E-state index is 13.0. The maximum atomic E-state index is 13.0. The van der Waals surface area contributed by atoms with Gasteiger partial charge >= 0.3 is 0 Å². The molecule has 2 aromatic carbocycles. The van der Waals surface area contributed by atoms with Gasteiger partial charge in [-0.05, 0) is 48.9 Å². The average molecular weight is 409 g/mol. The van der Waals surface area contributed by atoms with Crippen molar-refractivity contribution in [3.05, 3.63) is 58.7 Å². The van der Waals surface area contributed by atoms with Gasteiger partial charge in [-0.1, -0.05) is 50.6 Å². The summed E-state index contributed by atoms with van der Waals surface area (Å²) in [6, 6.07) is 11.6. The van der Waals surface area contributed by atoms with Gasteiger partial charge in [0.15, 0.2) is 0 Å². The van der Waals surface area contributed by atoms with Gasteiger partial charge in [0.25, 0.3) is 5.91 Å². The minimum Gasteiger partial charge on any atom is -0.494 e. The van der Waals surface area contributed by atoms with E-state index >= 15 is 0 Å². The van der Waals surface area contributed by atoms with Crippen LogP contribution in [0.4, 0.5) is 5.69 Å². The van der Waals surface area contributed by atoms with Crippen LogP contribution in [0.1, 0.15) is 62.4 Å². The molecule has 1 N–H and O–H groups in total. The van der Waals surface area contributed by atoms with Gasteiger partial charge in [-0.2, -0.15) is 0 Å². The van der Waals surface area contributed by atoms with E-state index in [0.29, 0.717) is 19.6 Å². The van der Waals surface area contributed by atoms with Gasteiger partial charge in [-0.15, -0.1) is 0 Å². The van der Waals surface area contributed by atoms with Gasteiger partial charge in [0.05, 0.1) is 12.3 Å². The Balaban J connectivity index is 1.66. The first-order valence-corrected chi connectivity index (χ1v) is 10.5. The van der Waals surface area contributed by atoms with E-state index in [4.69, 9.17) is 4.74 Å². The Morgan fingerprint density at radius 1 is 1.13 bits per heavy atom. The third kappa shape index (κ3) is 4.66. The third-order valence-electron chi connectivity index (χ3n) is 5.43. The van der Waals surface area contributed by atoms with Crippen LogP contribution in [-0.4, -0.2) is 25.0 Å². The number of aryl methyl sites for hydroxylation is 2. The minimum absolute atomic E-state index is 0.0802. The van der Waals surface area contributed by atoms with Crippen molar-refractivity contribution in [2.24, 2.45) is 0 Å². The minimum atomic E-state index is -0.609. The van der Waals surface area contributed by atoms with Crippen LogP contribution in [-0.2, 0) is 15.0 Å². The fourth-order valence-corrected chi connectivity index (χ4v) is 4.01. The fourth-order valence-electron chi connectivity index (χ4n) is 4.01. The van der Waals surface area contributed by atoms with Crippen molar-refractivity contribution >= 4 is 17.5 Å². The van der Waals surface area contributed by atoms with E-state index in [0.717, 1.165) is 28.1 Å². The molecule has 0 fully saturated rings. The van der Waals surface area contributed by atoms with Crippen molar-refractivity contribution in [3.8, 4) is 5.75 Å². The summed E-state index contributed by atoms with van der Waals surface area (Å²) in [5, 5.41) is 2.80. The maximum Gasteiger partial charge on any atom is 0.254 e. The zero-order chi connectivity index (χ0) is 22.1. The second-order valence-corrected chi connectivity index (χ2v) is 9.12. The normalized spacial score (nSPS) is 15.9. The zero-order valence-corrected chi connectivity index (χ0v) is 18.8. The molecule has 0 saturated carbocycles. The summed E-state index contributed by atoms with van der Waals surface area (Å²) in [5.74, 6) is 0.546. The highest BCUT2D eigenvalue weighted by Crippen LogP contribution is 2.39. The summed E-state index contributed by atoms with van der Waals surface area (Å²) in [7, 11) is 0. The van der Waals surface area contributed by atoms with Crippen molar-refractivity contribution in [1.29, 1.82) is 0 Å². The first kappa shape index (κ1) is 21.9. The molecule has 0 bridgehead atoms. The summed E-state index contributed by atoms with van der Waals surface area (Å²) in [6.07, 6.45) is 0.701. The van der Waals surface area contributed by atoms with Crippen molar-refractivity contribution in [2.75, 3.05) is 18.1 Å². The second kappa shape index (κ2) is 8.50. The molecule has 0 unspecified atom stereocenters. The summed E-state index contributed by atoms with van der Waals surface area (Å²) in [5.41, 5.74) is 5.31. The van der Waals surface area contributed by atoms with Crippen LogP contribution in [0.15, 0.2) is 36.4 Å². The number of anilines is 1. The average Bonchev–Trinajstić information content (AvgIpc) is 2.90. The standard InChI is InChI=1S/C25H32N2O3/c1-16-14-17(2)23-21(15-16)22(26-18(3)28)24(29)27(23)12-7-13-30-20-10-8-19(9-11-20)25(4,5)6/h8-11,14-15,22H,7,12-13H2,1-6H3,(H,26,28)/t22-/m0/s1. The number of nitrogens with one attached hydrogen (secondary N) is 1. The van der Waals surface area contributed by atoms with Crippen molar-refractivity contribution in [3.63, 3.8) is 0 Å². The predicted molar refractivity (Wildman–Crippen MR) is 120 cm³/mol. The summed E-state index contributed by atoms with van der Waals surface area (Å²) >= 11 is 0. The monoisotopic (exact) mass is 408 g/mol. The lowest BCUT2D eigenvalue weighted by molar-refractivity contribution is -0.126. The Morgan fingerprint density at radius 2 is 1.80 bits per heavy atom. The van der Waals surface area contributed by atoms with Crippen molar-refractivity contribution in [2.45, 2.75) is 59.4 Å². The molecule has 0 spiro atoms. The van der Waals surface area contributed by atoms with Gasteiger partial charge in [-0.25, -0.2) is 0 Å². The van der Waals surface area contributed by atoms with Gasteiger partial charge in [-0.3, -0.25) is 9.59 Å². The number of rotatable bonds is 6. The lowest BCUT2D eigenvalue weighted by Gasteiger charge is -2.20.